The molecule has 0 spiro atoms. The van der Waals surface area contributed by atoms with Crippen LogP contribution < -0.4 is 0 Å². The van der Waals surface area contributed by atoms with E-state index in [4.69, 9.17) is 0 Å². The predicted molar refractivity (Wildman–Crippen MR) is 149 cm³/mol. The number of thiophene rings is 1. The summed E-state index contributed by atoms with van der Waals surface area (Å²) in [5, 5.41) is 10.6. The highest BCUT2D eigenvalue weighted by molar-refractivity contribution is 7.27. The normalized spacial score (nSPS) is 12.1. The van der Waals surface area contributed by atoms with Gasteiger partial charge in [0.1, 0.15) is 0 Å². The van der Waals surface area contributed by atoms with Crippen molar-refractivity contribution in [3.63, 3.8) is 0 Å². The van der Waals surface area contributed by atoms with E-state index in [9.17, 15) is 0 Å². The number of nitrogens with zero attached hydrogens (tertiary/aromatic N) is 1. The van der Waals surface area contributed by atoms with Gasteiger partial charge in [-0.3, -0.25) is 0 Å². The fourth-order valence-corrected chi connectivity index (χ4v) is 7.04. The van der Waals surface area contributed by atoms with Gasteiger partial charge in [0.15, 0.2) is 0 Å². The van der Waals surface area contributed by atoms with Crippen LogP contribution in [0.1, 0.15) is 0 Å². The molecule has 0 aliphatic rings. The van der Waals surface area contributed by atoms with Gasteiger partial charge >= 0.3 is 0 Å². The van der Waals surface area contributed by atoms with Gasteiger partial charge in [0.2, 0.25) is 0 Å². The molecule has 2 heterocycles. The van der Waals surface area contributed by atoms with Crippen LogP contribution in [0, 0.1) is 0 Å². The maximum Gasteiger partial charge on any atom is 0.0625 e. The van der Waals surface area contributed by atoms with Gasteiger partial charge in [0.05, 0.1) is 11.0 Å². The minimum atomic E-state index is 1.19. The van der Waals surface area contributed by atoms with Crippen molar-refractivity contribution in [1.82, 2.24) is 4.57 Å². The Balaban J connectivity index is 1.75. The minimum absolute atomic E-state index is 1.19. The first kappa shape index (κ1) is 18.3. The summed E-state index contributed by atoms with van der Waals surface area (Å²) in [7, 11) is 0. The fraction of sp³-hybridized carbons (Fsp3) is 0. The average Bonchev–Trinajstić information content (AvgIpc) is 3.46. The SMILES string of the molecule is c1ccc(-n2c3ccccc3c3ccc4c5c6ccccc6sc5c5ccccc5c4c32)cc1. The first-order valence-corrected chi connectivity index (χ1v) is 12.4. The maximum atomic E-state index is 2.46. The van der Waals surface area contributed by atoms with Gasteiger partial charge in [-0.05, 0) is 35.0 Å². The summed E-state index contributed by atoms with van der Waals surface area (Å²) in [6.07, 6.45) is 0. The molecular formula is C32H19NS. The van der Waals surface area contributed by atoms with Crippen LogP contribution in [0.5, 0.6) is 0 Å². The first-order chi connectivity index (χ1) is 16.9. The van der Waals surface area contributed by atoms with Gasteiger partial charge in [0, 0.05) is 47.4 Å². The lowest BCUT2D eigenvalue weighted by molar-refractivity contribution is 1.19. The van der Waals surface area contributed by atoms with E-state index >= 15 is 0 Å². The average molecular weight is 450 g/mol. The van der Waals surface area contributed by atoms with Gasteiger partial charge in [-0.25, -0.2) is 0 Å². The van der Waals surface area contributed by atoms with Crippen molar-refractivity contribution in [3.05, 3.63) is 115 Å². The second kappa shape index (κ2) is 6.69. The highest BCUT2D eigenvalue weighted by atomic mass is 32.1. The lowest BCUT2D eigenvalue weighted by Gasteiger charge is -2.13. The molecule has 6 aromatic carbocycles. The van der Waals surface area contributed by atoms with E-state index in [1.165, 1.54) is 69.2 Å². The van der Waals surface area contributed by atoms with Gasteiger partial charge < -0.3 is 4.57 Å². The molecule has 0 aliphatic heterocycles. The number of rotatable bonds is 1. The number of fused-ring (bicyclic) bond motifs is 12. The maximum absolute atomic E-state index is 2.46. The van der Waals surface area contributed by atoms with E-state index in [2.05, 4.69) is 120 Å². The molecule has 8 rings (SSSR count). The summed E-state index contributed by atoms with van der Waals surface area (Å²) in [5.41, 5.74) is 3.73. The quantitative estimate of drug-likeness (QED) is 0.220. The zero-order valence-electron chi connectivity index (χ0n) is 18.3. The number of benzene rings is 6. The van der Waals surface area contributed by atoms with E-state index in [1.807, 2.05) is 11.3 Å². The van der Waals surface area contributed by atoms with E-state index < -0.39 is 0 Å². The molecule has 0 saturated carbocycles. The van der Waals surface area contributed by atoms with Crippen molar-refractivity contribution in [3.8, 4) is 5.69 Å². The number of hydrogen-bond donors (Lipinski definition) is 0. The summed E-state index contributed by atoms with van der Waals surface area (Å²) in [6, 6.07) is 42.0. The zero-order valence-corrected chi connectivity index (χ0v) is 19.1. The van der Waals surface area contributed by atoms with Gasteiger partial charge in [-0.2, -0.15) is 0 Å². The molecule has 0 amide bonds. The van der Waals surface area contributed by atoms with Crippen LogP contribution in [0.2, 0.25) is 0 Å². The van der Waals surface area contributed by atoms with Crippen LogP contribution in [-0.4, -0.2) is 4.57 Å². The Morgan fingerprint density at radius 2 is 1.09 bits per heavy atom. The molecule has 2 aromatic heterocycles. The minimum Gasteiger partial charge on any atom is -0.309 e. The standard InChI is InChI=1S/C32H19NS/c1-2-10-20(11-3-1)33-27-16-8-6-12-21(27)23-18-19-26-29(31(23)33)22-13-4-5-14-24(22)32-30(26)25-15-7-9-17-28(25)34-32/h1-19H. The Bertz CT molecular complexity index is 2060. The molecule has 1 nitrogen and oxygen atoms in total. The molecule has 0 fully saturated rings. The summed E-state index contributed by atoms with van der Waals surface area (Å²) in [5.74, 6) is 0. The molecule has 34 heavy (non-hydrogen) atoms. The van der Waals surface area contributed by atoms with E-state index in [-0.39, 0.29) is 0 Å². The molecule has 0 saturated heterocycles. The molecule has 0 N–H and O–H groups in total. The van der Waals surface area contributed by atoms with Crippen LogP contribution in [-0.2, 0) is 0 Å². The number of para-hydroxylation sites is 2. The Morgan fingerprint density at radius 1 is 0.441 bits per heavy atom. The lowest BCUT2D eigenvalue weighted by atomic mass is 9.95. The van der Waals surface area contributed by atoms with E-state index in [0.29, 0.717) is 0 Å². The summed E-state index contributed by atoms with van der Waals surface area (Å²) in [4.78, 5) is 0. The smallest absolute Gasteiger partial charge is 0.0625 e. The largest absolute Gasteiger partial charge is 0.309 e. The third-order valence-corrected chi connectivity index (χ3v) is 8.36. The lowest BCUT2D eigenvalue weighted by Crippen LogP contribution is -1.94. The van der Waals surface area contributed by atoms with Crippen LogP contribution in [0.15, 0.2) is 115 Å². The van der Waals surface area contributed by atoms with E-state index in [1.54, 1.807) is 0 Å². The Labute approximate surface area is 200 Å². The van der Waals surface area contributed by atoms with Gasteiger partial charge in [-0.15, -0.1) is 11.3 Å². The van der Waals surface area contributed by atoms with Crippen LogP contribution >= 0.6 is 11.3 Å². The second-order valence-electron chi connectivity index (χ2n) is 8.92. The van der Waals surface area contributed by atoms with Gasteiger partial charge in [0.25, 0.3) is 0 Å². The van der Waals surface area contributed by atoms with Gasteiger partial charge in [-0.1, -0.05) is 91.0 Å². The van der Waals surface area contributed by atoms with Crippen molar-refractivity contribution >= 4 is 74.9 Å². The monoisotopic (exact) mass is 449 g/mol. The molecule has 0 bridgehead atoms. The topological polar surface area (TPSA) is 4.93 Å². The molecule has 0 radical (unpaired) electrons. The van der Waals surface area contributed by atoms with Crippen LogP contribution in [0.3, 0.4) is 0 Å². The second-order valence-corrected chi connectivity index (χ2v) is 9.97. The molecule has 8 aromatic rings. The molecule has 2 heteroatoms. The Morgan fingerprint density at radius 3 is 1.94 bits per heavy atom. The molecule has 0 unspecified atom stereocenters. The summed E-state index contributed by atoms with van der Waals surface area (Å²) < 4.78 is 5.18. The van der Waals surface area contributed by atoms with Crippen molar-refractivity contribution in [2.24, 2.45) is 0 Å². The molecule has 158 valence electrons. The van der Waals surface area contributed by atoms with Crippen molar-refractivity contribution in [2.75, 3.05) is 0 Å². The van der Waals surface area contributed by atoms with E-state index in [0.717, 1.165) is 0 Å². The fourth-order valence-electron chi connectivity index (χ4n) is 5.79. The van der Waals surface area contributed by atoms with Crippen LogP contribution in [0.25, 0.3) is 69.2 Å². The first-order valence-electron chi connectivity index (χ1n) is 11.6. The molecule has 0 atom stereocenters. The predicted octanol–water partition coefficient (Wildman–Crippen LogP) is 9.46. The summed E-state index contributed by atoms with van der Waals surface area (Å²) >= 11 is 1.91. The number of aromatic nitrogens is 1. The zero-order chi connectivity index (χ0) is 22.2. The third-order valence-electron chi connectivity index (χ3n) is 7.16. The highest BCUT2D eigenvalue weighted by Gasteiger charge is 2.20. The summed E-state index contributed by atoms with van der Waals surface area (Å²) in [6.45, 7) is 0. The van der Waals surface area contributed by atoms with Crippen molar-refractivity contribution in [2.45, 2.75) is 0 Å². The number of hydrogen-bond acceptors (Lipinski definition) is 1. The molecular weight excluding hydrogens is 430 g/mol. The molecule has 0 aliphatic carbocycles. The van der Waals surface area contributed by atoms with Crippen molar-refractivity contribution < 1.29 is 0 Å². The Hall–Kier alpha value is -4.14. The third kappa shape index (κ3) is 2.28. The highest BCUT2D eigenvalue weighted by Crippen LogP contribution is 2.47. The Kier molecular flexibility index (Phi) is 3.60. The van der Waals surface area contributed by atoms with Crippen LogP contribution in [0.4, 0.5) is 0 Å². The van der Waals surface area contributed by atoms with Crippen molar-refractivity contribution in [1.29, 1.82) is 0 Å².